The highest BCUT2D eigenvalue weighted by molar-refractivity contribution is 7.15. The van der Waals surface area contributed by atoms with Crippen molar-refractivity contribution in [3.8, 4) is 22.0 Å². The van der Waals surface area contributed by atoms with E-state index in [-0.39, 0.29) is 5.56 Å². The molecule has 0 unspecified atom stereocenters. The van der Waals surface area contributed by atoms with Gasteiger partial charge in [0.1, 0.15) is 17.2 Å². The van der Waals surface area contributed by atoms with Gasteiger partial charge in [0.2, 0.25) is 0 Å². The summed E-state index contributed by atoms with van der Waals surface area (Å²) in [5.41, 5.74) is 4.57. The van der Waals surface area contributed by atoms with Crippen molar-refractivity contribution in [1.82, 2.24) is 29.7 Å². The predicted octanol–water partition coefficient (Wildman–Crippen LogP) is 3.43. The van der Waals surface area contributed by atoms with Crippen LogP contribution in [-0.4, -0.2) is 42.8 Å². The Kier molecular flexibility index (Phi) is 5.05. The molecule has 2 aromatic rings. The van der Waals surface area contributed by atoms with E-state index < -0.39 is 0 Å². The lowest BCUT2D eigenvalue weighted by atomic mass is 9.96. The van der Waals surface area contributed by atoms with E-state index in [0.717, 1.165) is 70.1 Å². The SMILES string of the molecule is Cc1cc2nc[nH]c(N3CCC(Cn4nc(-c5sc(C)nc5C)ccc4=O)CC3)c-2n1. The molecular weight excluding hydrogens is 410 g/mol. The smallest absolute Gasteiger partial charge is 0.266 e. The standard InChI is InChI=1S/C22H25N7OS/c1-13-10-18-20(25-13)22(24-12-23-18)28-8-6-16(7-9-28)11-29-19(30)5-4-17(27-29)21-14(2)26-15(3)31-21/h4-5,10,12,16H,6-9,11H2,1-3H3,(H,23,24). The molecule has 0 aliphatic carbocycles. The predicted molar refractivity (Wildman–Crippen MR) is 122 cm³/mol. The fourth-order valence-electron chi connectivity index (χ4n) is 4.33. The first-order valence-corrected chi connectivity index (χ1v) is 11.4. The number of fused-ring (bicyclic) bond motifs is 1. The number of aromatic amines is 1. The van der Waals surface area contributed by atoms with Crippen LogP contribution in [0.25, 0.3) is 22.0 Å². The molecule has 0 atom stereocenters. The molecule has 0 saturated carbocycles. The molecule has 1 N–H and O–H groups in total. The molecule has 5 heterocycles. The van der Waals surface area contributed by atoms with E-state index in [2.05, 4.69) is 29.9 Å². The van der Waals surface area contributed by atoms with Gasteiger partial charge in [0.25, 0.3) is 5.56 Å². The van der Waals surface area contributed by atoms with E-state index in [9.17, 15) is 4.79 Å². The van der Waals surface area contributed by atoms with Crippen molar-refractivity contribution in [2.24, 2.45) is 5.92 Å². The number of anilines is 1. The molecule has 0 amide bonds. The Balaban J connectivity index is 1.30. The second kappa shape index (κ2) is 7.88. The van der Waals surface area contributed by atoms with E-state index in [1.54, 1.807) is 34.5 Å². The molecule has 0 spiro atoms. The summed E-state index contributed by atoms with van der Waals surface area (Å²) >= 11 is 1.62. The zero-order chi connectivity index (χ0) is 21.5. The normalized spacial score (nSPS) is 15.1. The van der Waals surface area contributed by atoms with Crippen LogP contribution in [0.1, 0.15) is 29.2 Å². The fraction of sp³-hybridized carbons (Fsp3) is 0.409. The lowest BCUT2D eigenvalue weighted by Gasteiger charge is -2.33. The summed E-state index contributed by atoms with van der Waals surface area (Å²) in [6.45, 7) is 8.43. The molecule has 0 aromatic carbocycles. The van der Waals surface area contributed by atoms with E-state index in [1.165, 1.54) is 0 Å². The first-order chi connectivity index (χ1) is 15.0. The number of aromatic nitrogens is 6. The molecular formula is C22H25N7OS. The third kappa shape index (κ3) is 3.85. The quantitative estimate of drug-likeness (QED) is 0.528. The van der Waals surface area contributed by atoms with Crippen LogP contribution in [0.3, 0.4) is 0 Å². The third-order valence-corrected chi connectivity index (χ3v) is 6.97. The Morgan fingerprint density at radius 1 is 1.13 bits per heavy atom. The van der Waals surface area contributed by atoms with Gasteiger partial charge in [-0.25, -0.2) is 19.6 Å². The molecule has 31 heavy (non-hydrogen) atoms. The number of rotatable bonds is 4. The Morgan fingerprint density at radius 2 is 1.94 bits per heavy atom. The van der Waals surface area contributed by atoms with Gasteiger partial charge in [-0.3, -0.25) is 4.79 Å². The average molecular weight is 436 g/mol. The summed E-state index contributed by atoms with van der Waals surface area (Å²) in [7, 11) is 0. The molecule has 3 aliphatic rings. The maximum atomic E-state index is 12.5. The maximum Gasteiger partial charge on any atom is 0.266 e. The number of piperidine rings is 1. The zero-order valence-electron chi connectivity index (χ0n) is 17.9. The van der Waals surface area contributed by atoms with Gasteiger partial charge in [-0.1, -0.05) is 0 Å². The lowest BCUT2D eigenvalue weighted by Crippen LogP contribution is -2.37. The molecule has 160 valence electrons. The second-order valence-electron chi connectivity index (χ2n) is 8.20. The number of hydrogen-bond donors (Lipinski definition) is 1. The Labute approximate surface area is 184 Å². The number of hydrogen-bond acceptors (Lipinski definition) is 7. The van der Waals surface area contributed by atoms with Gasteiger partial charge in [-0.15, -0.1) is 11.3 Å². The molecule has 8 nitrogen and oxygen atoms in total. The monoisotopic (exact) mass is 435 g/mol. The van der Waals surface area contributed by atoms with Crippen LogP contribution in [0.15, 0.2) is 29.3 Å². The topological polar surface area (TPSA) is 92.6 Å². The first kappa shape index (κ1) is 19.9. The van der Waals surface area contributed by atoms with Crippen molar-refractivity contribution in [3.05, 3.63) is 51.3 Å². The molecule has 3 aliphatic heterocycles. The Morgan fingerprint density at radius 3 is 2.68 bits per heavy atom. The highest BCUT2D eigenvalue weighted by Gasteiger charge is 2.25. The van der Waals surface area contributed by atoms with Crippen molar-refractivity contribution in [2.45, 2.75) is 40.2 Å². The summed E-state index contributed by atoms with van der Waals surface area (Å²) < 4.78 is 1.63. The van der Waals surface area contributed by atoms with Gasteiger partial charge < -0.3 is 9.88 Å². The van der Waals surface area contributed by atoms with Crippen LogP contribution < -0.4 is 10.5 Å². The van der Waals surface area contributed by atoms with Crippen molar-refractivity contribution >= 4 is 17.2 Å². The van der Waals surface area contributed by atoms with Crippen LogP contribution >= 0.6 is 11.3 Å². The largest absolute Gasteiger partial charge is 0.356 e. The molecule has 1 saturated heterocycles. The van der Waals surface area contributed by atoms with Crippen LogP contribution in [-0.2, 0) is 6.54 Å². The van der Waals surface area contributed by atoms with Crippen LogP contribution in [0, 0.1) is 26.7 Å². The molecule has 5 rings (SSSR count). The Hall–Kier alpha value is -3.07. The highest BCUT2D eigenvalue weighted by atomic mass is 32.1. The number of H-pyrrole nitrogens is 1. The minimum absolute atomic E-state index is 0.0503. The fourth-order valence-corrected chi connectivity index (χ4v) is 5.22. The van der Waals surface area contributed by atoms with E-state index in [4.69, 9.17) is 0 Å². The van der Waals surface area contributed by atoms with Crippen molar-refractivity contribution < 1.29 is 0 Å². The van der Waals surface area contributed by atoms with Crippen molar-refractivity contribution in [3.63, 3.8) is 0 Å². The minimum Gasteiger partial charge on any atom is -0.356 e. The van der Waals surface area contributed by atoms with Gasteiger partial charge >= 0.3 is 0 Å². The van der Waals surface area contributed by atoms with Gasteiger partial charge in [0.05, 0.1) is 27.6 Å². The number of nitrogens with zero attached hydrogens (tertiary/aromatic N) is 6. The van der Waals surface area contributed by atoms with E-state index >= 15 is 0 Å². The van der Waals surface area contributed by atoms with Crippen LogP contribution in [0.4, 0.5) is 5.82 Å². The summed E-state index contributed by atoms with van der Waals surface area (Å²) in [5.74, 6) is 1.44. The van der Waals surface area contributed by atoms with E-state index in [1.807, 2.05) is 26.8 Å². The van der Waals surface area contributed by atoms with Gasteiger partial charge in [0, 0.05) is 31.4 Å². The molecule has 0 bridgehead atoms. The maximum absolute atomic E-state index is 12.5. The third-order valence-electron chi connectivity index (χ3n) is 5.87. The van der Waals surface area contributed by atoms with Gasteiger partial charge in [0.15, 0.2) is 0 Å². The van der Waals surface area contributed by atoms with E-state index in [0.29, 0.717) is 12.5 Å². The molecule has 2 aromatic heterocycles. The summed E-state index contributed by atoms with van der Waals surface area (Å²) in [6, 6.07) is 5.44. The Bertz CT molecular complexity index is 1250. The number of nitrogens with one attached hydrogen (secondary N) is 1. The summed E-state index contributed by atoms with van der Waals surface area (Å²) in [6.07, 6.45) is 3.73. The molecule has 9 heteroatoms. The van der Waals surface area contributed by atoms with Gasteiger partial charge in [-0.05, 0) is 51.7 Å². The first-order valence-electron chi connectivity index (χ1n) is 10.6. The zero-order valence-corrected chi connectivity index (χ0v) is 18.7. The number of thiazole rings is 1. The highest BCUT2D eigenvalue weighted by Crippen LogP contribution is 2.32. The second-order valence-corrected chi connectivity index (χ2v) is 9.40. The average Bonchev–Trinajstić information content (AvgIpc) is 3.30. The van der Waals surface area contributed by atoms with Crippen LogP contribution in [0.5, 0.6) is 0 Å². The summed E-state index contributed by atoms with van der Waals surface area (Å²) in [4.78, 5) is 32.6. The van der Waals surface area contributed by atoms with Gasteiger partial charge in [-0.2, -0.15) is 5.10 Å². The van der Waals surface area contributed by atoms with Crippen LogP contribution in [0.2, 0.25) is 0 Å². The minimum atomic E-state index is -0.0503. The molecule has 0 radical (unpaired) electrons. The molecule has 1 fully saturated rings. The lowest BCUT2D eigenvalue weighted by molar-refractivity contribution is 0.335. The van der Waals surface area contributed by atoms with Crippen molar-refractivity contribution in [2.75, 3.05) is 18.0 Å². The number of aryl methyl sites for hydroxylation is 3. The van der Waals surface area contributed by atoms with Crippen molar-refractivity contribution in [1.29, 1.82) is 0 Å². The summed E-state index contributed by atoms with van der Waals surface area (Å²) in [5, 5.41) is 5.68.